The van der Waals surface area contributed by atoms with Crippen molar-refractivity contribution < 1.29 is 13.9 Å². The van der Waals surface area contributed by atoms with Crippen LogP contribution in [0.5, 0.6) is 5.75 Å². The summed E-state index contributed by atoms with van der Waals surface area (Å²) in [6.07, 6.45) is 3.34. The fourth-order valence-corrected chi connectivity index (χ4v) is 4.41. The van der Waals surface area contributed by atoms with Crippen molar-refractivity contribution in [2.45, 2.75) is 25.6 Å². The zero-order valence-corrected chi connectivity index (χ0v) is 18.9. The van der Waals surface area contributed by atoms with E-state index < -0.39 is 12.2 Å². The average Bonchev–Trinajstić information content (AvgIpc) is 3.24. The summed E-state index contributed by atoms with van der Waals surface area (Å²) in [7, 11) is 1.65. The molecule has 0 aliphatic carbocycles. The first kappa shape index (κ1) is 21.6. The molecule has 0 radical (unpaired) electrons. The highest BCUT2D eigenvalue weighted by molar-refractivity contribution is 5.94. The molecule has 0 unspecified atom stereocenters. The van der Waals surface area contributed by atoms with Gasteiger partial charge in [0.05, 0.1) is 41.9 Å². The summed E-state index contributed by atoms with van der Waals surface area (Å²) in [5, 5.41) is 1.06. The smallest absolute Gasteiger partial charge is 0.140 e. The molecule has 1 aliphatic heterocycles. The minimum atomic E-state index is -1.04. The Bertz CT molecular complexity index is 1290. The Morgan fingerprint density at radius 2 is 2.09 bits per heavy atom. The van der Waals surface area contributed by atoms with Gasteiger partial charge in [0.2, 0.25) is 0 Å². The number of aromatic nitrogens is 3. The molecule has 1 fully saturated rings. The van der Waals surface area contributed by atoms with Gasteiger partial charge in [-0.15, -0.1) is 0 Å². The van der Waals surface area contributed by atoms with Crippen molar-refractivity contribution in [1.82, 2.24) is 14.4 Å². The van der Waals surface area contributed by atoms with Crippen molar-refractivity contribution in [1.29, 1.82) is 0 Å². The normalized spacial score (nSPS) is 18.8. The number of rotatable bonds is 6. The summed E-state index contributed by atoms with van der Waals surface area (Å²) in [6.45, 7) is 4.08. The van der Waals surface area contributed by atoms with Gasteiger partial charge >= 0.3 is 0 Å². The molecule has 2 N–H and O–H groups in total. The number of methoxy groups -OCH3 is 1. The maximum absolute atomic E-state index is 14.4. The minimum Gasteiger partial charge on any atom is -0.491 e. The Morgan fingerprint density at radius 3 is 2.91 bits per heavy atom. The number of ether oxygens (including phenoxy) is 2. The van der Waals surface area contributed by atoms with Crippen molar-refractivity contribution in [3.05, 3.63) is 54.4 Å². The van der Waals surface area contributed by atoms with Gasteiger partial charge in [-0.2, -0.15) is 0 Å². The van der Waals surface area contributed by atoms with Crippen molar-refractivity contribution in [2.24, 2.45) is 5.73 Å². The van der Waals surface area contributed by atoms with Gasteiger partial charge in [-0.05, 0) is 37.1 Å². The first-order valence-corrected chi connectivity index (χ1v) is 11.2. The highest BCUT2D eigenvalue weighted by Gasteiger charge is 2.27. The van der Waals surface area contributed by atoms with E-state index in [-0.39, 0.29) is 6.54 Å². The van der Waals surface area contributed by atoms with Crippen molar-refractivity contribution >= 4 is 22.2 Å². The van der Waals surface area contributed by atoms with Crippen LogP contribution in [0.3, 0.4) is 0 Å². The Labute approximate surface area is 191 Å². The first-order chi connectivity index (χ1) is 16.0. The van der Waals surface area contributed by atoms with Crippen molar-refractivity contribution in [2.75, 3.05) is 38.3 Å². The highest BCUT2D eigenvalue weighted by Crippen LogP contribution is 2.33. The molecule has 8 heteroatoms. The van der Waals surface area contributed by atoms with E-state index >= 15 is 0 Å². The number of alkyl halides is 1. The number of imidazole rings is 1. The van der Waals surface area contributed by atoms with E-state index in [4.69, 9.17) is 20.2 Å². The number of aryl methyl sites for hydroxylation is 1. The predicted octanol–water partition coefficient (Wildman–Crippen LogP) is 3.76. The quantitative estimate of drug-likeness (QED) is 0.452. The molecular weight excluding hydrogens is 421 g/mol. The van der Waals surface area contributed by atoms with Gasteiger partial charge < -0.3 is 20.1 Å². The Morgan fingerprint density at radius 1 is 1.21 bits per heavy atom. The molecule has 0 amide bonds. The molecule has 172 valence electrons. The van der Waals surface area contributed by atoms with Crippen LogP contribution in [0.4, 0.5) is 10.1 Å². The topological polar surface area (TPSA) is 77.9 Å². The molecular formula is C25H28FN5O2. The molecule has 0 saturated carbocycles. The fourth-order valence-electron chi connectivity index (χ4n) is 4.41. The maximum atomic E-state index is 14.4. The third-order valence-corrected chi connectivity index (χ3v) is 6.26. The lowest BCUT2D eigenvalue weighted by molar-refractivity contribution is 0.146. The summed E-state index contributed by atoms with van der Waals surface area (Å²) >= 11 is 0. The van der Waals surface area contributed by atoms with Crippen LogP contribution in [-0.4, -0.2) is 60.0 Å². The molecule has 3 aromatic heterocycles. The lowest BCUT2D eigenvalue weighted by Gasteiger charge is -2.35. The van der Waals surface area contributed by atoms with Gasteiger partial charge in [-0.25, -0.2) is 14.4 Å². The summed E-state index contributed by atoms with van der Waals surface area (Å²) < 4.78 is 27.1. The molecule has 1 aliphatic rings. The summed E-state index contributed by atoms with van der Waals surface area (Å²) in [5.41, 5.74) is 11.3. The number of piperidine rings is 1. The van der Waals surface area contributed by atoms with Crippen LogP contribution in [0.1, 0.15) is 12.0 Å². The van der Waals surface area contributed by atoms with Crippen molar-refractivity contribution in [3.8, 4) is 17.1 Å². The van der Waals surface area contributed by atoms with E-state index in [0.29, 0.717) is 26.2 Å². The molecule has 4 heterocycles. The molecule has 0 spiro atoms. The van der Waals surface area contributed by atoms with Crippen LogP contribution in [0.25, 0.3) is 27.9 Å². The number of nitrogens with zero attached hydrogens (tertiary/aromatic N) is 4. The second-order valence-electron chi connectivity index (χ2n) is 8.49. The zero-order valence-electron chi connectivity index (χ0n) is 18.9. The van der Waals surface area contributed by atoms with E-state index in [9.17, 15) is 4.39 Å². The molecule has 1 saturated heterocycles. The molecule has 4 aromatic rings. The monoisotopic (exact) mass is 449 g/mol. The Hall–Kier alpha value is -3.23. The van der Waals surface area contributed by atoms with Crippen LogP contribution in [-0.2, 0) is 4.74 Å². The number of anilines is 1. The number of hydrogen-bond acceptors (Lipinski definition) is 6. The highest BCUT2D eigenvalue weighted by atomic mass is 19.1. The molecule has 2 atom stereocenters. The van der Waals surface area contributed by atoms with Crippen LogP contribution >= 0.6 is 0 Å². The molecule has 0 bridgehead atoms. The number of benzene rings is 1. The van der Waals surface area contributed by atoms with Gasteiger partial charge in [0.1, 0.15) is 24.2 Å². The number of pyridine rings is 2. The van der Waals surface area contributed by atoms with Gasteiger partial charge in [0.25, 0.3) is 0 Å². The molecule has 1 aromatic carbocycles. The number of hydrogen-bond donors (Lipinski definition) is 1. The summed E-state index contributed by atoms with van der Waals surface area (Å²) in [6, 6.07) is 11.6. The number of nitrogens with two attached hydrogens (primary N) is 1. The Kier molecular flexibility index (Phi) is 5.86. The predicted molar refractivity (Wildman–Crippen MR) is 128 cm³/mol. The zero-order chi connectivity index (χ0) is 22.9. The largest absolute Gasteiger partial charge is 0.491 e. The minimum absolute atomic E-state index is 0.284. The first-order valence-electron chi connectivity index (χ1n) is 11.2. The van der Waals surface area contributed by atoms with Crippen LogP contribution in [0.2, 0.25) is 0 Å². The number of halogens is 1. The lowest BCUT2D eigenvalue weighted by Crippen LogP contribution is -2.48. The van der Waals surface area contributed by atoms with Gasteiger partial charge in [0, 0.05) is 37.3 Å². The lowest BCUT2D eigenvalue weighted by atomic mass is 10.0. The number of para-hydroxylation sites is 1. The van der Waals surface area contributed by atoms with Crippen LogP contribution in [0.15, 0.2) is 48.8 Å². The van der Waals surface area contributed by atoms with Crippen molar-refractivity contribution in [3.63, 3.8) is 0 Å². The second kappa shape index (κ2) is 8.96. The molecule has 5 rings (SSSR count). The second-order valence-corrected chi connectivity index (χ2v) is 8.49. The Balaban J connectivity index is 1.54. The standard InChI is InChI=1S/C25H28FN5O2/c1-16-12-21(23-14-28-24-13-17(6-9-31(23)24)33-11-10-32-2)29-25-18(16)4-3-5-22(25)30-8-7-20(27)19(26)15-30/h3-6,9,12-14,19-20H,7-8,10-11,15,27H2,1-2H3/t19-,20+/m1/s1. The SMILES string of the molecule is COCCOc1ccn2c(-c3cc(C)c4cccc(N5CC[C@H](N)[C@H](F)C5)c4n3)cnc2c1. The van der Waals surface area contributed by atoms with E-state index in [1.165, 1.54) is 0 Å². The van der Waals surface area contributed by atoms with Gasteiger partial charge in [-0.1, -0.05) is 12.1 Å². The van der Waals surface area contributed by atoms with E-state index in [1.54, 1.807) is 7.11 Å². The van der Waals surface area contributed by atoms with E-state index in [2.05, 4.69) is 28.9 Å². The van der Waals surface area contributed by atoms with Gasteiger partial charge in [-0.3, -0.25) is 4.40 Å². The average molecular weight is 450 g/mol. The third-order valence-electron chi connectivity index (χ3n) is 6.26. The van der Waals surface area contributed by atoms with Crippen LogP contribution in [0, 0.1) is 6.92 Å². The molecule has 7 nitrogen and oxygen atoms in total. The molecule has 33 heavy (non-hydrogen) atoms. The van der Waals surface area contributed by atoms with E-state index in [1.807, 2.05) is 41.1 Å². The van der Waals surface area contributed by atoms with Gasteiger partial charge in [0.15, 0.2) is 0 Å². The summed E-state index contributed by atoms with van der Waals surface area (Å²) in [4.78, 5) is 11.6. The summed E-state index contributed by atoms with van der Waals surface area (Å²) in [5.74, 6) is 0.741. The third kappa shape index (κ3) is 4.12. The van der Waals surface area contributed by atoms with Crippen LogP contribution < -0.4 is 15.4 Å². The maximum Gasteiger partial charge on any atom is 0.140 e. The van der Waals surface area contributed by atoms with E-state index in [0.717, 1.165) is 44.9 Å². The number of fused-ring (bicyclic) bond motifs is 2. The fraction of sp³-hybridized carbons (Fsp3) is 0.360.